The van der Waals surface area contributed by atoms with Crippen LogP contribution in [0.25, 0.3) is 0 Å². The number of amides is 1. The number of ketones is 1. The number of benzene rings is 2. The lowest BCUT2D eigenvalue weighted by Crippen LogP contribution is -2.36. The second-order valence-corrected chi connectivity index (χ2v) is 9.63. The minimum atomic E-state index is -0.433. The molecular formula is C27H26N2O3S. The van der Waals surface area contributed by atoms with Crippen molar-refractivity contribution in [3.05, 3.63) is 87.3 Å². The highest BCUT2D eigenvalue weighted by atomic mass is 32.1. The van der Waals surface area contributed by atoms with Crippen LogP contribution in [0.4, 0.5) is 11.4 Å². The Bertz CT molecular complexity index is 1240. The maximum Gasteiger partial charge on any atom is 0.224 e. The number of allylic oxidation sites excluding steroid dienone is 1. The molecule has 168 valence electrons. The molecule has 1 aliphatic carbocycles. The molecule has 0 fully saturated rings. The van der Waals surface area contributed by atoms with Gasteiger partial charge in [0, 0.05) is 29.5 Å². The molecule has 1 N–H and O–H groups in total. The average Bonchev–Trinajstić information content (AvgIpc) is 3.29. The van der Waals surface area contributed by atoms with Crippen molar-refractivity contribution < 1.29 is 14.3 Å². The number of anilines is 2. The van der Waals surface area contributed by atoms with E-state index in [2.05, 4.69) is 5.32 Å². The van der Waals surface area contributed by atoms with Crippen LogP contribution in [0, 0.1) is 6.92 Å². The van der Waals surface area contributed by atoms with E-state index in [-0.39, 0.29) is 17.6 Å². The molecule has 33 heavy (non-hydrogen) atoms. The van der Waals surface area contributed by atoms with Crippen LogP contribution in [-0.4, -0.2) is 18.8 Å². The number of ether oxygens (including phenoxy) is 1. The van der Waals surface area contributed by atoms with E-state index in [0.717, 1.165) is 38.8 Å². The summed E-state index contributed by atoms with van der Waals surface area (Å²) in [7, 11) is 1.65. The van der Waals surface area contributed by atoms with E-state index in [1.54, 1.807) is 30.3 Å². The number of nitrogens with one attached hydrogen (secondary N) is 1. The Balaban J connectivity index is 1.66. The zero-order valence-electron chi connectivity index (χ0n) is 18.9. The molecule has 6 heteroatoms. The highest BCUT2D eigenvalue weighted by Crippen LogP contribution is 2.48. The number of fused-ring (bicyclic) bond motifs is 1. The molecule has 3 aromatic rings. The monoisotopic (exact) mass is 458 g/mol. The number of carbonyl (C=O) groups excluding carboxylic acids is 2. The Morgan fingerprint density at radius 1 is 1.12 bits per heavy atom. The van der Waals surface area contributed by atoms with Crippen LogP contribution in [0.2, 0.25) is 0 Å². The summed E-state index contributed by atoms with van der Waals surface area (Å²) in [5.41, 5.74) is 5.44. The molecule has 0 radical (unpaired) electrons. The van der Waals surface area contributed by atoms with E-state index < -0.39 is 6.04 Å². The zero-order chi connectivity index (χ0) is 23.1. The first-order chi connectivity index (χ1) is 16.0. The average molecular weight is 459 g/mol. The van der Waals surface area contributed by atoms with Crippen molar-refractivity contribution in [2.24, 2.45) is 0 Å². The first-order valence-electron chi connectivity index (χ1n) is 11.1. The molecule has 2 atom stereocenters. The van der Waals surface area contributed by atoms with Gasteiger partial charge in [0.2, 0.25) is 5.91 Å². The van der Waals surface area contributed by atoms with Gasteiger partial charge in [-0.2, -0.15) is 0 Å². The molecule has 5 rings (SSSR count). The molecule has 1 aliphatic heterocycles. The number of rotatable bonds is 3. The number of hydrogen-bond acceptors (Lipinski definition) is 5. The van der Waals surface area contributed by atoms with Crippen LogP contribution >= 0.6 is 11.3 Å². The van der Waals surface area contributed by atoms with Gasteiger partial charge in [0.1, 0.15) is 11.8 Å². The van der Waals surface area contributed by atoms with Crippen LogP contribution in [0.15, 0.2) is 71.2 Å². The quantitative estimate of drug-likeness (QED) is 0.524. The first-order valence-corrected chi connectivity index (χ1v) is 11.9. The molecule has 1 aromatic heterocycles. The third-order valence-corrected chi connectivity index (χ3v) is 7.40. The maximum absolute atomic E-state index is 13.7. The Labute approximate surface area is 197 Å². The Hall–Kier alpha value is -3.38. The Morgan fingerprint density at radius 2 is 1.91 bits per heavy atom. The molecular weight excluding hydrogens is 432 g/mol. The molecule has 2 aliphatic rings. The predicted octanol–water partition coefficient (Wildman–Crippen LogP) is 5.99. The third kappa shape index (κ3) is 3.85. The van der Waals surface area contributed by atoms with Gasteiger partial charge >= 0.3 is 0 Å². The Morgan fingerprint density at radius 3 is 2.58 bits per heavy atom. The van der Waals surface area contributed by atoms with Crippen molar-refractivity contribution in [3.8, 4) is 5.75 Å². The van der Waals surface area contributed by atoms with Crippen LogP contribution < -0.4 is 15.0 Å². The number of nitrogens with zero attached hydrogens (tertiary/aromatic N) is 1. The molecule has 0 saturated carbocycles. The van der Waals surface area contributed by atoms with Crippen molar-refractivity contribution in [3.63, 3.8) is 0 Å². The number of carbonyl (C=O) groups is 2. The molecule has 0 bridgehead atoms. The molecule has 0 unspecified atom stereocenters. The number of hydrogen-bond donors (Lipinski definition) is 1. The zero-order valence-corrected chi connectivity index (χ0v) is 19.7. The minimum Gasteiger partial charge on any atom is -0.497 e. The van der Waals surface area contributed by atoms with Crippen LogP contribution in [-0.2, 0) is 9.59 Å². The summed E-state index contributed by atoms with van der Waals surface area (Å²) in [6.45, 7) is 3.59. The fourth-order valence-electron chi connectivity index (χ4n) is 4.92. The van der Waals surface area contributed by atoms with E-state index in [4.69, 9.17) is 4.74 Å². The number of thiophene rings is 1. The molecule has 5 nitrogen and oxygen atoms in total. The lowest BCUT2D eigenvalue weighted by molar-refractivity contribution is -0.117. The summed E-state index contributed by atoms with van der Waals surface area (Å²) in [5, 5.41) is 5.56. The van der Waals surface area contributed by atoms with Crippen molar-refractivity contribution >= 4 is 34.4 Å². The number of methoxy groups -OCH3 is 1. The largest absolute Gasteiger partial charge is 0.497 e. The van der Waals surface area contributed by atoms with Crippen molar-refractivity contribution in [2.45, 2.75) is 38.6 Å². The van der Waals surface area contributed by atoms with Crippen LogP contribution in [0.1, 0.15) is 47.7 Å². The van der Waals surface area contributed by atoms with Gasteiger partial charge in [0.25, 0.3) is 0 Å². The standard InChI is InChI=1S/C27H26N2O3S/c1-16-6-11-21-23(13-16)29(17(2)30)27(25-5-4-12-33-25)26-22(28-21)14-19(15-24(26)31)18-7-9-20(32-3)10-8-18/h4-13,19,27-28H,14-15H2,1-3H3/t19-,27-/m1/s1. The van der Waals surface area contributed by atoms with Gasteiger partial charge in [-0.3, -0.25) is 14.5 Å². The molecule has 2 heterocycles. The van der Waals surface area contributed by atoms with E-state index in [9.17, 15) is 9.59 Å². The molecule has 0 saturated heterocycles. The summed E-state index contributed by atoms with van der Waals surface area (Å²) in [6.07, 6.45) is 1.12. The van der Waals surface area contributed by atoms with Gasteiger partial charge in [-0.15, -0.1) is 11.3 Å². The van der Waals surface area contributed by atoms with E-state index in [1.165, 1.54) is 0 Å². The summed E-state index contributed by atoms with van der Waals surface area (Å²) in [6, 6.07) is 17.6. The predicted molar refractivity (Wildman–Crippen MR) is 132 cm³/mol. The van der Waals surface area contributed by atoms with Crippen LogP contribution in [0.3, 0.4) is 0 Å². The fourth-order valence-corrected chi connectivity index (χ4v) is 5.75. The summed E-state index contributed by atoms with van der Waals surface area (Å²) in [4.78, 5) is 29.5. The second-order valence-electron chi connectivity index (χ2n) is 8.65. The summed E-state index contributed by atoms with van der Waals surface area (Å²) >= 11 is 1.58. The van der Waals surface area contributed by atoms with Gasteiger partial charge < -0.3 is 10.1 Å². The fraction of sp³-hybridized carbons (Fsp3) is 0.259. The summed E-state index contributed by atoms with van der Waals surface area (Å²) in [5.74, 6) is 0.864. The molecule has 2 aromatic carbocycles. The van der Waals surface area contributed by atoms with Crippen LogP contribution in [0.5, 0.6) is 5.75 Å². The number of aryl methyl sites for hydroxylation is 1. The third-order valence-electron chi connectivity index (χ3n) is 6.48. The molecule has 0 spiro atoms. The van der Waals surface area contributed by atoms with E-state index in [1.807, 2.05) is 66.9 Å². The van der Waals surface area contributed by atoms with Gasteiger partial charge in [-0.25, -0.2) is 0 Å². The normalized spacial score (nSPS) is 20.0. The van der Waals surface area contributed by atoms with E-state index in [0.29, 0.717) is 18.4 Å². The van der Waals surface area contributed by atoms with Crippen molar-refractivity contribution in [1.29, 1.82) is 0 Å². The van der Waals surface area contributed by atoms with Gasteiger partial charge in [-0.1, -0.05) is 24.3 Å². The van der Waals surface area contributed by atoms with Gasteiger partial charge in [0.15, 0.2) is 5.78 Å². The Kier molecular flexibility index (Phi) is 5.54. The smallest absolute Gasteiger partial charge is 0.224 e. The lowest BCUT2D eigenvalue weighted by atomic mass is 9.79. The summed E-state index contributed by atoms with van der Waals surface area (Å²) < 4.78 is 5.29. The van der Waals surface area contributed by atoms with Gasteiger partial charge in [-0.05, 0) is 66.1 Å². The SMILES string of the molecule is COc1ccc([C@H]2CC(=O)C3=C(C2)Nc2ccc(C)cc2N(C(C)=O)[C@@H]3c2cccs2)cc1. The van der Waals surface area contributed by atoms with Crippen molar-refractivity contribution in [2.75, 3.05) is 17.3 Å². The van der Waals surface area contributed by atoms with Crippen molar-refractivity contribution in [1.82, 2.24) is 0 Å². The lowest BCUT2D eigenvalue weighted by Gasteiger charge is -2.33. The number of Topliss-reactive ketones (excluding diaryl/α,β-unsaturated/α-hetero) is 1. The highest BCUT2D eigenvalue weighted by Gasteiger charge is 2.41. The van der Waals surface area contributed by atoms with Gasteiger partial charge in [0.05, 0.1) is 18.5 Å². The first kappa shape index (κ1) is 21.5. The van der Waals surface area contributed by atoms with E-state index >= 15 is 0 Å². The highest BCUT2D eigenvalue weighted by molar-refractivity contribution is 7.10. The molecule has 1 amide bonds. The second kappa shape index (κ2) is 8.52. The topological polar surface area (TPSA) is 58.6 Å². The maximum atomic E-state index is 13.7. The minimum absolute atomic E-state index is 0.0661.